The van der Waals surface area contributed by atoms with Gasteiger partial charge in [0.15, 0.2) is 11.9 Å². The molecule has 0 aliphatic heterocycles. The average Bonchev–Trinajstić information content (AvgIpc) is 2.10. The van der Waals surface area contributed by atoms with Gasteiger partial charge in [-0.1, -0.05) is 0 Å². The van der Waals surface area contributed by atoms with Gasteiger partial charge in [-0.25, -0.2) is 0 Å². The van der Waals surface area contributed by atoms with Crippen molar-refractivity contribution in [3.8, 4) is 0 Å². The molecule has 0 aromatic heterocycles. The Morgan fingerprint density at radius 1 is 1.29 bits per heavy atom. The Kier molecular flexibility index (Phi) is 16.3. The number of carboxylic acid groups (broad SMARTS) is 1. The second-order valence-corrected chi connectivity index (χ2v) is 2.88. The van der Waals surface area contributed by atoms with E-state index in [9.17, 15) is 4.79 Å². The van der Waals surface area contributed by atoms with Gasteiger partial charge in [0, 0.05) is 6.54 Å². The molecule has 1 atom stereocenters. The van der Waals surface area contributed by atoms with Crippen LogP contribution in [-0.2, 0) is 4.79 Å². The molecule has 12 N–H and O–H groups in total. The van der Waals surface area contributed by atoms with E-state index in [0.29, 0.717) is 19.4 Å². The van der Waals surface area contributed by atoms with Crippen molar-refractivity contribution >= 4 is 47.4 Å². The van der Waals surface area contributed by atoms with Crippen LogP contribution in [0.1, 0.15) is 12.8 Å². The van der Waals surface area contributed by atoms with E-state index in [1.807, 2.05) is 0 Å². The van der Waals surface area contributed by atoms with E-state index >= 15 is 0 Å². The van der Waals surface area contributed by atoms with Crippen LogP contribution in [0, 0.1) is 10.8 Å². The number of guanidine groups is 2. The van der Waals surface area contributed by atoms with Crippen molar-refractivity contribution < 1.29 is 9.90 Å². The number of hydrogen-bond donors (Lipinski definition) is 8. The van der Waals surface area contributed by atoms with E-state index in [1.165, 1.54) is 0 Å². The molecule has 0 aromatic carbocycles. The Morgan fingerprint density at radius 3 is 2.00 bits per heavy atom. The Balaban J connectivity index is -0.000000340. The standard InChI is InChI=1S/C6H14N4O2.CH5N3.Na.H/c7-4(5(11)12)2-1-3-10-6(8)9;2-1(3)4;;/h4H,1-3,7H2,(H,11,12)(H4,8,9,10);(H5,2,3,4);;/t4-;;;/m0.../s1. The Labute approximate surface area is 122 Å². The Morgan fingerprint density at radius 2 is 1.71 bits per heavy atom. The van der Waals surface area contributed by atoms with Crippen LogP contribution in [0.3, 0.4) is 0 Å². The third-order valence-electron chi connectivity index (χ3n) is 1.32. The normalized spacial score (nSPS) is 9.94. The molecule has 0 radical (unpaired) electrons. The minimum absolute atomic E-state index is 0. The van der Waals surface area contributed by atoms with E-state index in [2.05, 4.69) is 16.8 Å². The van der Waals surface area contributed by atoms with Crippen LogP contribution in [-0.4, -0.2) is 65.1 Å². The van der Waals surface area contributed by atoms with Crippen molar-refractivity contribution in [3.63, 3.8) is 0 Å². The first-order valence-electron chi connectivity index (χ1n) is 4.43. The molecule has 10 heteroatoms. The zero-order valence-electron chi connectivity index (χ0n) is 8.86. The van der Waals surface area contributed by atoms with Gasteiger partial charge in [-0.3, -0.25) is 15.6 Å². The van der Waals surface area contributed by atoms with Gasteiger partial charge in [-0.2, -0.15) is 0 Å². The molecule has 0 spiro atoms. The van der Waals surface area contributed by atoms with Crippen LogP contribution in [0.15, 0.2) is 0 Å². The van der Waals surface area contributed by atoms with E-state index in [4.69, 9.17) is 27.4 Å². The van der Waals surface area contributed by atoms with Crippen LogP contribution in [0.4, 0.5) is 0 Å². The van der Waals surface area contributed by atoms with Gasteiger partial charge in [-0.15, -0.1) is 0 Å². The predicted octanol–water partition coefficient (Wildman–Crippen LogP) is -3.15. The molecular weight excluding hydrogens is 237 g/mol. The zero-order chi connectivity index (χ0) is 13.1. The summed E-state index contributed by atoms with van der Waals surface area (Å²) in [5.41, 5.74) is 19.2. The second kappa shape index (κ2) is 13.0. The van der Waals surface area contributed by atoms with Crippen molar-refractivity contribution in [2.24, 2.45) is 22.9 Å². The van der Waals surface area contributed by atoms with Gasteiger partial charge in [0.25, 0.3) is 0 Å². The first-order chi connectivity index (χ1) is 7.27. The molecule has 0 aliphatic rings. The van der Waals surface area contributed by atoms with Gasteiger partial charge in [0.05, 0.1) is 0 Å². The first kappa shape index (κ1) is 21.3. The molecule has 96 valence electrons. The number of carbonyl (C=O) groups is 1. The van der Waals surface area contributed by atoms with Gasteiger partial charge >= 0.3 is 35.5 Å². The summed E-state index contributed by atoms with van der Waals surface area (Å²) < 4.78 is 0. The predicted molar refractivity (Wildman–Crippen MR) is 68.0 cm³/mol. The van der Waals surface area contributed by atoms with E-state index < -0.39 is 12.0 Å². The molecular formula is C7H20N7NaO2. The molecule has 0 amide bonds. The maximum absolute atomic E-state index is 10.2. The average molecular weight is 257 g/mol. The summed E-state index contributed by atoms with van der Waals surface area (Å²) in [7, 11) is 0. The third-order valence-corrected chi connectivity index (χ3v) is 1.32. The van der Waals surface area contributed by atoms with Crippen LogP contribution >= 0.6 is 0 Å². The summed E-state index contributed by atoms with van der Waals surface area (Å²) in [6.45, 7) is 0.482. The fourth-order valence-corrected chi connectivity index (χ4v) is 0.669. The zero-order valence-corrected chi connectivity index (χ0v) is 8.86. The van der Waals surface area contributed by atoms with Crippen LogP contribution in [0.5, 0.6) is 0 Å². The van der Waals surface area contributed by atoms with Crippen molar-refractivity contribution in [3.05, 3.63) is 0 Å². The maximum atomic E-state index is 10.2. The molecule has 0 heterocycles. The Hall–Kier alpha value is -1.03. The summed E-state index contributed by atoms with van der Waals surface area (Å²) in [6, 6.07) is -0.821. The van der Waals surface area contributed by atoms with Crippen LogP contribution in [0.25, 0.3) is 0 Å². The van der Waals surface area contributed by atoms with Gasteiger partial charge in [-0.05, 0) is 12.8 Å². The number of hydrogen-bond acceptors (Lipinski definition) is 4. The summed E-state index contributed by atoms with van der Waals surface area (Å²) in [4.78, 5) is 10.2. The third kappa shape index (κ3) is 25.3. The van der Waals surface area contributed by atoms with E-state index in [1.54, 1.807) is 0 Å². The van der Waals surface area contributed by atoms with Crippen LogP contribution < -0.4 is 28.3 Å². The van der Waals surface area contributed by atoms with Gasteiger partial charge in [0.1, 0.15) is 6.04 Å². The summed E-state index contributed by atoms with van der Waals surface area (Å²) in [6.07, 6.45) is 0.975. The topological polar surface area (TPSA) is 201 Å². The molecule has 0 saturated carbocycles. The monoisotopic (exact) mass is 257 g/mol. The van der Waals surface area contributed by atoms with Crippen molar-refractivity contribution in [2.45, 2.75) is 18.9 Å². The quantitative estimate of drug-likeness (QED) is 0.110. The first-order valence-corrected chi connectivity index (χ1v) is 4.43. The van der Waals surface area contributed by atoms with Crippen molar-refractivity contribution in [1.82, 2.24) is 5.32 Å². The molecule has 0 fully saturated rings. The number of aliphatic carboxylic acids is 1. The number of nitrogens with one attached hydrogen (secondary N) is 3. The van der Waals surface area contributed by atoms with Gasteiger partial charge < -0.3 is 33.4 Å². The molecule has 0 bridgehead atoms. The summed E-state index contributed by atoms with van der Waals surface area (Å²) in [5, 5.41) is 23.8. The minimum atomic E-state index is -1.00. The van der Waals surface area contributed by atoms with E-state index in [-0.39, 0.29) is 41.5 Å². The van der Waals surface area contributed by atoms with E-state index in [0.717, 1.165) is 0 Å². The Bertz CT molecular complexity index is 244. The molecule has 17 heavy (non-hydrogen) atoms. The number of rotatable bonds is 5. The van der Waals surface area contributed by atoms with Crippen molar-refractivity contribution in [2.75, 3.05) is 6.54 Å². The number of nitrogens with two attached hydrogens (primary N) is 4. The molecule has 0 aliphatic carbocycles. The van der Waals surface area contributed by atoms with Crippen LogP contribution in [0.2, 0.25) is 0 Å². The molecule has 0 rings (SSSR count). The molecule has 0 unspecified atom stereocenters. The molecule has 0 saturated heterocycles. The summed E-state index contributed by atoms with van der Waals surface area (Å²) >= 11 is 0. The van der Waals surface area contributed by atoms with Crippen molar-refractivity contribution in [1.29, 1.82) is 10.8 Å². The second-order valence-electron chi connectivity index (χ2n) is 2.88. The molecule has 9 nitrogen and oxygen atoms in total. The van der Waals surface area contributed by atoms with Gasteiger partial charge in [0.2, 0.25) is 0 Å². The number of carboxylic acids is 1. The fourth-order valence-electron chi connectivity index (χ4n) is 0.669. The fraction of sp³-hybridized carbons (Fsp3) is 0.571. The molecule has 0 aromatic rings. The SMILES string of the molecule is N=C(N)N.N=C(N)NCCC[C@H](N)C(=O)O.[NaH]. The summed E-state index contributed by atoms with van der Waals surface area (Å²) in [5.74, 6) is -1.45.